The number of hydrogen-bond donors (Lipinski definition) is 1. The highest BCUT2D eigenvalue weighted by molar-refractivity contribution is 9.18. The number of aryl methyl sites for hydroxylation is 1. The molecule has 1 aromatic rings. The fourth-order valence-corrected chi connectivity index (χ4v) is 4.48. The van der Waals surface area contributed by atoms with Gasteiger partial charge in [-0.3, -0.25) is 9.79 Å². The summed E-state index contributed by atoms with van der Waals surface area (Å²) in [5.74, 6) is 0.175. The van der Waals surface area contributed by atoms with Gasteiger partial charge in [0.15, 0.2) is 0 Å². The van der Waals surface area contributed by atoms with Gasteiger partial charge in [0.1, 0.15) is 4.62 Å². The van der Waals surface area contributed by atoms with Gasteiger partial charge in [0.25, 0.3) is 5.91 Å². The normalized spacial score (nSPS) is 21.9. The number of benzene rings is 1. The molecule has 4 rings (SSSR count). The Morgan fingerprint density at radius 2 is 2.06 bits per heavy atom. The van der Waals surface area contributed by atoms with Crippen molar-refractivity contribution in [1.29, 1.82) is 0 Å². The van der Waals surface area contributed by atoms with Gasteiger partial charge in [-0.1, -0.05) is 25.1 Å². The van der Waals surface area contributed by atoms with Crippen LogP contribution in [0.2, 0.25) is 0 Å². The quantitative estimate of drug-likeness (QED) is 0.430. The summed E-state index contributed by atoms with van der Waals surface area (Å²) in [5, 5.41) is 9.55. The third kappa shape index (κ3) is 6.17. The first-order valence-corrected chi connectivity index (χ1v) is 12.4. The number of carbonyl (C=O) groups excluding carboxylic acids is 1. The van der Waals surface area contributed by atoms with Crippen molar-refractivity contribution in [3.05, 3.63) is 52.7 Å². The van der Waals surface area contributed by atoms with Crippen LogP contribution in [0.3, 0.4) is 0 Å². The van der Waals surface area contributed by atoms with Gasteiger partial charge in [-0.25, -0.2) is 5.01 Å². The second-order valence-corrected chi connectivity index (χ2v) is 10.1. The minimum absolute atomic E-state index is 0.0439. The van der Waals surface area contributed by atoms with Crippen LogP contribution in [0, 0.1) is 12.8 Å². The van der Waals surface area contributed by atoms with Gasteiger partial charge in [-0.15, -0.1) is 0 Å². The molecule has 1 aromatic carbocycles. The van der Waals surface area contributed by atoms with E-state index in [-0.39, 0.29) is 24.8 Å². The molecule has 1 aliphatic carbocycles. The molecule has 0 saturated heterocycles. The average molecular weight is 537 g/mol. The minimum atomic E-state index is -4.17. The molecule has 0 spiro atoms. The van der Waals surface area contributed by atoms with Crippen molar-refractivity contribution in [2.45, 2.75) is 64.6 Å². The molecule has 1 atom stereocenters. The van der Waals surface area contributed by atoms with Crippen LogP contribution in [0.4, 0.5) is 13.2 Å². The molecule has 5 nitrogen and oxygen atoms in total. The number of nitrogens with zero attached hydrogens (tertiary/aromatic N) is 3. The third-order valence-electron chi connectivity index (χ3n) is 6.00. The Balaban J connectivity index is 1.61. The number of allylic oxidation sites excluding steroid dienone is 3. The number of rotatable bonds is 6. The molecule has 34 heavy (non-hydrogen) atoms. The summed E-state index contributed by atoms with van der Waals surface area (Å²) in [4.78, 5) is 17.1. The number of hydrazone groups is 1. The summed E-state index contributed by atoms with van der Waals surface area (Å²) in [5.41, 5.74) is 4.85. The Morgan fingerprint density at radius 1 is 1.29 bits per heavy atom. The number of halogens is 4. The minimum Gasteiger partial charge on any atom is -0.349 e. The monoisotopic (exact) mass is 536 g/mol. The van der Waals surface area contributed by atoms with Gasteiger partial charge in [0.2, 0.25) is 0 Å². The lowest BCUT2D eigenvalue weighted by Gasteiger charge is -2.30. The number of aliphatic imine (C=N–C) groups is 1. The fourth-order valence-electron chi connectivity index (χ4n) is 4.06. The Hall–Kier alpha value is -2.42. The van der Waals surface area contributed by atoms with E-state index in [4.69, 9.17) is 5.10 Å². The smallest absolute Gasteiger partial charge is 0.349 e. The first kappa shape index (κ1) is 24.7. The molecule has 1 N–H and O–H groups in total. The van der Waals surface area contributed by atoms with Crippen molar-refractivity contribution in [2.75, 3.05) is 6.54 Å². The van der Waals surface area contributed by atoms with E-state index in [1.807, 2.05) is 30.1 Å². The summed E-state index contributed by atoms with van der Waals surface area (Å²) >= 11 is 3.49. The highest BCUT2D eigenvalue weighted by Gasteiger charge is 2.30. The largest absolute Gasteiger partial charge is 0.389 e. The number of nitrogens with one attached hydrogen (secondary N) is 1. The maximum atomic E-state index is 12.6. The molecule has 2 aliphatic heterocycles. The van der Waals surface area contributed by atoms with Crippen molar-refractivity contribution >= 4 is 37.9 Å². The van der Waals surface area contributed by atoms with Crippen molar-refractivity contribution in [1.82, 2.24) is 10.3 Å². The topological polar surface area (TPSA) is 57.1 Å². The molecule has 9 heteroatoms. The Kier molecular flexibility index (Phi) is 7.31. The first-order valence-electron chi connectivity index (χ1n) is 11.6. The molecule has 1 unspecified atom stereocenters. The first-order chi connectivity index (χ1) is 16.1. The molecule has 3 aliphatic rings. The van der Waals surface area contributed by atoms with Gasteiger partial charge in [0, 0.05) is 36.6 Å². The van der Waals surface area contributed by atoms with E-state index >= 15 is 0 Å². The highest BCUT2D eigenvalue weighted by Crippen LogP contribution is 2.35. The molecule has 0 aromatic heterocycles. The summed E-state index contributed by atoms with van der Waals surface area (Å²) in [6.07, 6.45) is 2.41. The molecular formula is C25H28BrF3N4O. The van der Waals surface area contributed by atoms with E-state index in [1.165, 1.54) is 0 Å². The number of hydrogen-bond acceptors (Lipinski definition) is 4. The summed E-state index contributed by atoms with van der Waals surface area (Å²) in [6, 6.07) is 6.05. The maximum absolute atomic E-state index is 12.6. The van der Waals surface area contributed by atoms with Crippen LogP contribution in [-0.4, -0.2) is 40.0 Å². The van der Waals surface area contributed by atoms with E-state index in [2.05, 4.69) is 45.3 Å². The van der Waals surface area contributed by atoms with E-state index in [0.29, 0.717) is 22.6 Å². The molecule has 0 radical (unpaired) electrons. The fraction of sp³-hybridized carbons (Fsp3) is 0.480. The molecule has 1 fully saturated rings. The van der Waals surface area contributed by atoms with Crippen LogP contribution in [0.15, 0.2) is 46.1 Å². The van der Waals surface area contributed by atoms with Crippen LogP contribution < -0.4 is 5.32 Å². The van der Waals surface area contributed by atoms with E-state index in [0.717, 1.165) is 47.5 Å². The van der Waals surface area contributed by atoms with E-state index < -0.39 is 12.6 Å². The van der Waals surface area contributed by atoms with E-state index in [9.17, 15) is 18.0 Å². The van der Waals surface area contributed by atoms with Gasteiger partial charge >= 0.3 is 6.18 Å². The number of carbonyl (C=O) groups is 1. The van der Waals surface area contributed by atoms with E-state index in [1.54, 1.807) is 0 Å². The van der Waals surface area contributed by atoms with Crippen molar-refractivity contribution in [3.8, 4) is 0 Å². The third-order valence-corrected chi connectivity index (χ3v) is 6.44. The zero-order valence-corrected chi connectivity index (χ0v) is 20.8. The Morgan fingerprint density at radius 3 is 2.74 bits per heavy atom. The SMILES string of the molecule is Cc1cc(C2=CC(C)CC=C3C(=NCCCC(F)(F)F)CC(Br)=NN32)ccc1C(=O)NC1CC1. The van der Waals surface area contributed by atoms with Crippen molar-refractivity contribution < 1.29 is 18.0 Å². The standard InChI is InChI=1S/C25H28BrF3N4O/c1-15-4-9-21-20(30-11-3-10-25(27,28)29)14-23(26)32-33(21)22(12-15)17-5-8-19(16(2)13-17)24(34)31-18-6-7-18/h5,8-9,12-13,15,18H,3-4,6-7,10-11,14H2,1-2H3,(H,31,34). The molecule has 0 bridgehead atoms. The second-order valence-electron chi connectivity index (χ2n) is 9.14. The lowest BCUT2D eigenvalue weighted by Crippen LogP contribution is -2.29. The van der Waals surface area contributed by atoms with Gasteiger partial charge in [-0.2, -0.15) is 18.3 Å². The van der Waals surface area contributed by atoms with Gasteiger partial charge in [0.05, 0.1) is 17.1 Å². The zero-order chi connectivity index (χ0) is 24.5. The average Bonchev–Trinajstić information content (AvgIpc) is 3.58. The van der Waals surface area contributed by atoms with Crippen LogP contribution in [0.25, 0.3) is 5.70 Å². The van der Waals surface area contributed by atoms with Crippen LogP contribution in [-0.2, 0) is 0 Å². The molecule has 182 valence electrons. The Labute approximate surface area is 206 Å². The van der Waals surface area contributed by atoms with Crippen molar-refractivity contribution in [3.63, 3.8) is 0 Å². The molecule has 1 amide bonds. The lowest BCUT2D eigenvalue weighted by atomic mass is 10.00. The predicted molar refractivity (Wildman–Crippen MR) is 132 cm³/mol. The van der Waals surface area contributed by atoms with Crippen LogP contribution >= 0.6 is 15.9 Å². The Bertz CT molecular complexity index is 1090. The van der Waals surface area contributed by atoms with Gasteiger partial charge in [-0.05, 0) is 72.2 Å². The number of fused-ring (bicyclic) bond motifs is 1. The van der Waals surface area contributed by atoms with Crippen LogP contribution in [0.5, 0.6) is 0 Å². The summed E-state index contributed by atoms with van der Waals surface area (Å²) < 4.78 is 38.3. The molecule has 1 saturated carbocycles. The second kappa shape index (κ2) is 10.1. The molecular weight excluding hydrogens is 509 g/mol. The summed E-state index contributed by atoms with van der Waals surface area (Å²) in [6.45, 7) is 4.14. The van der Waals surface area contributed by atoms with Crippen molar-refractivity contribution in [2.24, 2.45) is 16.0 Å². The van der Waals surface area contributed by atoms with Crippen LogP contribution in [0.1, 0.15) is 66.9 Å². The highest BCUT2D eigenvalue weighted by atomic mass is 79.9. The lowest BCUT2D eigenvalue weighted by molar-refractivity contribution is -0.134. The summed E-state index contributed by atoms with van der Waals surface area (Å²) in [7, 11) is 0. The van der Waals surface area contributed by atoms with Gasteiger partial charge < -0.3 is 5.32 Å². The zero-order valence-electron chi connectivity index (χ0n) is 19.3. The predicted octanol–water partition coefficient (Wildman–Crippen LogP) is 6.35. The number of alkyl halides is 3. The molecule has 2 heterocycles. The maximum Gasteiger partial charge on any atom is 0.389 e. The number of amides is 1.